The second-order valence-electron chi connectivity index (χ2n) is 7.05. The number of hydrogen-bond donors (Lipinski definition) is 1. The van der Waals surface area contributed by atoms with E-state index in [0.29, 0.717) is 28.1 Å². The van der Waals surface area contributed by atoms with E-state index in [9.17, 15) is 14.4 Å². The second kappa shape index (κ2) is 6.97. The van der Waals surface area contributed by atoms with Crippen LogP contribution >= 0.6 is 0 Å². The first-order valence-electron chi connectivity index (χ1n) is 9.50. The molecule has 4 aromatic rings. The molecule has 0 bridgehead atoms. The summed E-state index contributed by atoms with van der Waals surface area (Å²) in [6.07, 6.45) is 0. The van der Waals surface area contributed by atoms with Crippen molar-refractivity contribution < 1.29 is 14.4 Å². The lowest BCUT2D eigenvalue weighted by Gasteiger charge is -2.14. The monoisotopic (exact) mass is 392 g/mol. The first kappa shape index (κ1) is 17.8. The summed E-state index contributed by atoms with van der Waals surface area (Å²) >= 11 is 0. The molecule has 1 aliphatic heterocycles. The van der Waals surface area contributed by atoms with Crippen LogP contribution in [0.5, 0.6) is 0 Å². The molecule has 1 aliphatic rings. The van der Waals surface area contributed by atoms with Gasteiger partial charge in [-0.15, -0.1) is 0 Å². The molecule has 0 spiro atoms. The summed E-state index contributed by atoms with van der Waals surface area (Å²) in [5, 5.41) is 5.02. The maximum atomic E-state index is 12.6. The largest absolute Gasteiger partial charge is 0.322 e. The molecule has 1 heterocycles. The van der Waals surface area contributed by atoms with E-state index < -0.39 is 0 Å². The molecule has 0 aliphatic carbocycles. The molecule has 5 nitrogen and oxygen atoms in total. The normalized spacial score (nSPS) is 12.9. The molecule has 1 N–H and O–H groups in total. The van der Waals surface area contributed by atoms with Crippen molar-refractivity contribution >= 4 is 39.9 Å². The molecule has 0 aromatic heterocycles. The third-order valence-electron chi connectivity index (χ3n) is 5.19. The van der Waals surface area contributed by atoms with Gasteiger partial charge in [0.1, 0.15) is 0 Å². The van der Waals surface area contributed by atoms with Crippen LogP contribution in [0.4, 0.5) is 11.4 Å². The SMILES string of the molecule is O=C(Nc1ccc2ccccc2c1)c1ccc(N2C(=O)c3ccccc3C2=O)cc1. The zero-order valence-electron chi connectivity index (χ0n) is 15.8. The van der Waals surface area contributed by atoms with E-state index in [-0.39, 0.29) is 17.7 Å². The molecule has 4 aromatic carbocycles. The second-order valence-corrected chi connectivity index (χ2v) is 7.05. The minimum Gasteiger partial charge on any atom is -0.322 e. The van der Waals surface area contributed by atoms with Crippen molar-refractivity contribution in [1.29, 1.82) is 0 Å². The van der Waals surface area contributed by atoms with Crippen LogP contribution < -0.4 is 10.2 Å². The summed E-state index contributed by atoms with van der Waals surface area (Å²) in [4.78, 5) is 39.0. The van der Waals surface area contributed by atoms with Crippen LogP contribution in [0.25, 0.3) is 10.8 Å². The van der Waals surface area contributed by atoms with Crippen LogP contribution in [0.3, 0.4) is 0 Å². The third kappa shape index (κ3) is 2.93. The zero-order valence-corrected chi connectivity index (χ0v) is 15.8. The van der Waals surface area contributed by atoms with Crippen LogP contribution in [0, 0.1) is 0 Å². The Kier molecular flexibility index (Phi) is 4.14. The Labute approximate surface area is 172 Å². The van der Waals surface area contributed by atoms with Gasteiger partial charge in [0.05, 0.1) is 16.8 Å². The Balaban J connectivity index is 1.36. The van der Waals surface area contributed by atoms with Crippen LogP contribution in [-0.4, -0.2) is 17.7 Å². The highest BCUT2D eigenvalue weighted by molar-refractivity contribution is 6.34. The zero-order chi connectivity index (χ0) is 20.7. The van der Waals surface area contributed by atoms with E-state index in [1.54, 1.807) is 48.5 Å². The van der Waals surface area contributed by atoms with Crippen LogP contribution in [0.15, 0.2) is 91.0 Å². The predicted octanol–water partition coefficient (Wildman–Crippen LogP) is 4.89. The van der Waals surface area contributed by atoms with Crippen molar-refractivity contribution in [3.8, 4) is 0 Å². The molecule has 3 amide bonds. The number of nitrogens with zero attached hydrogens (tertiary/aromatic N) is 1. The standard InChI is InChI=1S/C25H16N2O3/c28-23(26-19-12-9-16-5-1-2-6-18(16)15-19)17-10-13-20(14-11-17)27-24(29)21-7-3-4-8-22(21)25(27)30/h1-15H,(H,26,28). The summed E-state index contributed by atoms with van der Waals surface area (Å²) in [7, 11) is 0. The summed E-state index contributed by atoms with van der Waals surface area (Å²) in [6, 6.07) is 26.8. The smallest absolute Gasteiger partial charge is 0.266 e. The van der Waals surface area contributed by atoms with E-state index in [0.717, 1.165) is 15.7 Å². The van der Waals surface area contributed by atoms with E-state index in [1.807, 2.05) is 42.5 Å². The van der Waals surface area contributed by atoms with Crippen LogP contribution in [0.1, 0.15) is 31.1 Å². The molecule has 0 saturated carbocycles. The molecule has 0 atom stereocenters. The Bertz CT molecular complexity index is 1290. The number of carbonyl (C=O) groups is 3. The lowest BCUT2D eigenvalue weighted by molar-refractivity contribution is 0.0925. The number of anilines is 2. The molecule has 30 heavy (non-hydrogen) atoms. The highest BCUT2D eigenvalue weighted by Crippen LogP contribution is 2.28. The van der Waals surface area contributed by atoms with E-state index in [1.165, 1.54) is 0 Å². The minimum atomic E-state index is -0.357. The van der Waals surface area contributed by atoms with Gasteiger partial charge in [0.15, 0.2) is 0 Å². The number of carbonyl (C=O) groups excluding carboxylic acids is 3. The fraction of sp³-hybridized carbons (Fsp3) is 0. The van der Waals surface area contributed by atoms with Gasteiger partial charge in [-0.2, -0.15) is 0 Å². The third-order valence-corrected chi connectivity index (χ3v) is 5.19. The molecule has 0 fully saturated rings. The summed E-state index contributed by atoms with van der Waals surface area (Å²) in [6.45, 7) is 0. The first-order chi connectivity index (χ1) is 14.6. The number of rotatable bonds is 3. The molecule has 0 radical (unpaired) electrons. The van der Waals surface area contributed by atoms with Crippen molar-refractivity contribution in [2.24, 2.45) is 0 Å². The Morgan fingerprint density at radius 2 is 1.27 bits per heavy atom. The average Bonchev–Trinajstić information content (AvgIpc) is 3.04. The lowest BCUT2D eigenvalue weighted by atomic mass is 10.1. The molecule has 0 saturated heterocycles. The Morgan fingerprint density at radius 1 is 0.667 bits per heavy atom. The summed E-state index contributed by atoms with van der Waals surface area (Å²) in [5.74, 6) is -0.980. The number of nitrogens with one attached hydrogen (secondary N) is 1. The molecule has 5 heteroatoms. The van der Waals surface area contributed by atoms with Gasteiger partial charge >= 0.3 is 0 Å². The average molecular weight is 392 g/mol. The quantitative estimate of drug-likeness (QED) is 0.505. The molecule has 144 valence electrons. The van der Waals surface area contributed by atoms with E-state index in [2.05, 4.69) is 5.32 Å². The maximum absolute atomic E-state index is 12.6. The van der Waals surface area contributed by atoms with Crippen molar-refractivity contribution in [1.82, 2.24) is 0 Å². The number of hydrogen-bond acceptors (Lipinski definition) is 3. The molecule has 5 rings (SSSR count). The van der Waals surface area contributed by atoms with Crippen LogP contribution in [-0.2, 0) is 0 Å². The van der Waals surface area contributed by atoms with Gasteiger partial charge in [0, 0.05) is 11.3 Å². The van der Waals surface area contributed by atoms with Crippen LogP contribution in [0.2, 0.25) is 0 Å². The maximum Gasteiger partial charge on any atom is 0.266 e. The number of fused-ring (bicyclic) bond motifs is 2. The van der Waals surface area contributed by atoms with Gasteiger partial charge in [-0.25, -0.2) is 4.90 Å². The minimum absolute atomic E-state index is 0.265. The summed E-state index contributed by atoms with van der Waals surface area (Å²) < 4.78 is 0. The van der Waals surface area contributed by atoms with Gasteiger partial charge in [0.2, 0.25) is 0 Å². The van der Waals surface area contributed by atoms with Gasteiger partial charge in [-0.3, -0.25) is 14.4 Å². The molecule has 0 unspecified atom stereocenters. The summed E-state index contributed by atoms with van der Waals surface area (Å²) in [5.41, 5.74) is 2.34. The Morgan fingerprint density at radius 3 is 1.93 bits per heavy atom. The molecular formula is C25H16N2O3. The van der Waals surface area contributed by atoms with Gasteiger partial charge < -0.3 is 5.32 Å². The topological polar surface area (TPSA) is 66.5 Å². The lowest BCUT2D eigenvalue weighted by Crippen LogP contribution is -2.29. The van der Waals surface area contributed by atoms with Crippen molar-refractivity contribution in [3.63, 3.8) is 0 Å². The highest BCUT2D eigenvalue weighted by Gasteiger charge is 2.36. The highest BCUT2D eigenvalue weighted by atomic mass is 16.2. The Hall–Kier alpha value is -4.25. The van der Waals surface area contributed by atoms with Crippen molar-refractivity contribution in [3.05, 3.63) is 108 Å². The van der Waals surface area contributed by atoms with Gasteiger partial charge in [-0.05, 0) is 59.3 Å². The van der Waals surface area contributed by atoms with E-state index >= 15 is 0 Å². The van der Waals surface area contributed by atoms with Gasteiger partial charge in [0.25, 0.3) is 17.7 Å². The number of benzene rings is 4. The predicted molar refractivity (Wildman–Crippen MR) is 116 cm³/mol. The first-order valence-corrected chi connectivity index (χ1v) is 9.50. The van der Waals surface area contributed by atoms with Crippen molar-refractivity contribution in [2.75, 3.05) is 10.2 Å². The molecular weight excluding hydrogens is 376 g/mol. The van der Waals surface area contributed by atoms with Crippen molar-refractivity contribution in [2.45, 2.75) is 0 Å². The fourth-order valence-electron chi connectivity index (χ4n) is 3.66. The fourth-order valence-corrected chi connectivity index (χ4v) is 3.66. The van der Waals surface area contributed by atoms with Gasteiger partial charge in [-0.1, -0.05) is 42.5 Å². The number of imide groups is 1. The number of amides is 3. The van der Waals surface area contributed by atoms with E-state index in [4.69, 9.17) is 0 Å².